The van der Waals surface area contributed by atoms with Crippen LogP contribution in [0.15, 0.2) is 29.4 Å². The van der Waals surface area contributed by atoms with Crippen LogP contribution in [0.2, 0.25) is 0 Å². The van der Waals surface area contributed by atoms with Gasteiger partial charge < -0.3 is 10.7 Å². The third-order valence-electron chi connectivity index (χ3n) is 4.41. The number of carbonyl (C=O) groups excluding carboxylic acids is 1. The summed E-state index contributed by atoms with van der Waals surface area (Å²) >= 11 is 1.08. The molecule has 2 heterocycles. The third kappa shape index (κ3) is 4.24. The number of benzene rings is 1. The number of rotatable bonds is 6. The van der Waals surface area contributed by atoms with E-state index in [0.717, 1.165) is 16.4 Å². The summed E-state index contributed by atoms with van der Waals surface area (Å²) in [4.78, 5) is 14.1. The molecule has 1 saturated heterocycles. The number of amides is 1. The van der Waals surface area contributed by atoms with Crippen LogP contribution in [-0.4, -0.2) is 63.9 Å². The zero-order valence-corrected chi connectivity index (χ0v) is 16.3. The first-order chi connectivity index (χ1) is 12.8. The highest BCUT2D eigenvalue weighted by Crippen LogP contribution is 2.25. The van der Waals surface area contributed by atoms with Crippen LogP contribution in [-0.2, 0) is 14.6 Å². The van der Waals surface area contributed by atoms with Crippen LogP contribution in [0.3, 0.4) is 0 Å². The van der Waals surface area contributed by atoms with E-state index in [2.05, 4.69) is 10.2 Å². The minimum atomic E-state index is -3.07. The molecule has 0 aliphatic carbocycles. The number of hydrogen-bond donors (Lipinski definition) is 1. The Morgan fingerprint density at radius 1 is 1.41 bits per heavy atom. The van der Waals surface area contributed by atoms with E-state index in [1.54, 1.807) is 23.1 Å². The molecular weight excluding hydrogens is 393 g/mol. The molecule has 8 nitrogen and oxygen atoms in total. The van der Waals surface area contributed by atoms with Gasteiger partial charge in [0, 0.05) is 12.6 Å². The highest BCUT2D eigenvalue weighted by Gasteiger charge is 2.33. The minimum absolute atomic E-state index is 0.00174. The van der Waals surface area contributed by atoms with Crippen molar-refractivity contribution in [1.82, 2.24) is 19.8 Å². The Balaban J connectivity index is 1.68. The fraction of sp³-hybridized carbons (Fsp3) is 0.438. The van der Waals surface area contributed by atoms with Crippen molar-refractivity contribution in [3.05, 3.63) is 30.1 Å². The Morgan fingerprint density at radius 2 is 2.15 bits per heavy atom. The third-order valence-corrected chi connectivity index (χ3v) is 7.09. The number of hydrogen-bond acceptors (Lipinski definition) is 7. The molecule has 1 aromatic carbocycles. The highest BCUT2D eigenvalue weighted by atomic mass is 32.2. The number of halogens is 1. The summed E-state index contributed by atoms with van der Waals surface area (Å²) < 4.78 is 38.4. The average molecular weight is 414 g/mol. The molecule has 27 heavy (non-hydrogen) atoms. The van der Waals surface area contributed by atoms with Crippen molar-refractivity contribution < 1.29 is 17.6 Å². The molecule has 0 saturated carbocycles. The van der Waals surface area contributed by atoms with Gasteiger partial charge in [-0.2, -0.15) is 0 Å². The normalized spacial score (nSPS) is 18.5. The predicted molar refractivity (Wildman–Crippen MR) is 101 cm³/mol. The SMILES string of the molecule is CCN(C(=O)CSc1nnc(-c2ccccc2F)n1N)[C@H]1CCS(=O)(=O)C1. The number of sulfone groups is 1. The molecule has 1 aliphatic rings. The number of nitrogens with zero attached hydrogens (tertiary/aromatic N) is 4. The van der Waals surface area contributed by atoms with Gasteiger partial charge >= 0.3 is 0 Å². The lowest BCUT2D eigenvalue weighted by Crippen LogP contribution is -2.42. The fourth-order valence-electron chi connectivity index (χ4n) is 3.07. The van der Waals surface area contributed by atoms with Crippen molar-refractivity contribution in [1.29, 1.82) is 0 Å². The van der Waals surface area contributed by atoms with Gasteiger partial charge in [0.1, 0.15) is 5.82 Å². The maximum absolute atomic E-state index is 13.9. The van der Waals surface area contributed by atoms with E-state index < -0.39 is 15.7 Å². The van der Waals surface area contributed by atoms with Gasteiger partial charge in [0.05, 0.1) is 22.8 Å². The van der Waals surface area contributed by atoms with Crippen LogP contribution < -0.4 is 5.84 Å². The van der Waals surface area contributed by atoms with Crippen molar-refractivity contribution in [3.63, 3.8) is 0 Å². The topological polar surface area (TPSA) is 111 Å². The maximum atomic E-state index is 13.9. The molecule has 1 fully saturated rings. The molecule has 1 aromatic heterocycles. The van der Waals surface area contributed by atoms with Gasteiger partial charge in [0.15, 0.2) is 15.7 Å². The van der Waals surface area contributed by atoms with Crippen molar-refractivity contribution in [2.45, 2.75) is 24.5 Å². The van der Waals surface area contributed by atoms with Crippen LogP contribution in [0.4, 0.5) is 4.39 Å². The molecule has 0 radical (unpaired) electrons. The first-order valence-corrected chi connectivity index (χ1v) is 11.2. The van der Waals surface area contributed by atoms with E-state index in [1.165, 1.54) is 6.07 Å². The first-order valence-electron chi connectivity index (χ1n) is 8.40. The second kappa shape index (κ2) is 7.85. The smallest absolute Gasteiger partial charge is 0.233 e. The molecule has 0 spiro atoms. The van der Waals surface area contributed by atoms with Gasteiger partial charge in [-0.15, -0.1) is 10.2 Å². The molecule has 1 aliphatic heterocycles. The quantitative estimate of drug-likeness (QED) is 0.554. The van der Waals surface area contributed by atoms with Gasteiger partial charge in [0.2, 0.25) is 11.1 Å². The summed E-state index contributed by atoms with van der Waals surface area (Å²) in [5, 5.41) is 8.11. The lowest BCUT2D eigenvalue weighted by atomic mass is 10.2. The van der Waals surface area contributed by atoms with Gasteiger partial charge in [-0.25, -0.2) is 17.5 Å². The van der Waals surface area contributed by atoms with Gasteiger partial charge in [-0.3, -0.25) is 4.79 Å². The lowest BCUT2D eigenvalue weighted by molar-refractivity contribution is -0.129. The first kappa shape index (κ1) is 19.6. The van der Waals surface area contributed by atoms with Crippen LogP contribution in [0.1, 0.15) is 13.3 Å². The number of carbonyl (C=O) groups is 1. The molecule has 3 rings (SSSR count). The number of nitrogens with two attached hydrogens (primary N) is 1. The molecule has 11 heteroatoms. The Kier molecular flexibility index (Phi) is 5.70. The average Bonchev–Trinajstić information content (AvgIpc) is 3.16. The highest BCUT2D eigenvalue weighted by molar-refractivity contribution is 7.99. The largest absolute Gasteiger partial charge is 0.338 e. The number of aromatic nitrogens is 3. The van der Waals surface area contributed by atoms with Gasteiger partial charge in [0.25, 0.3) is 0 Å². The molecule has 0 bridgehead atoms. The Bertz CT molecular complexity index is 947. The van der Waals surface area contributed by atoms with E-state index in [0.29, 0.717) is 13.0 Å². The summed E-state index contributed by atoms with van der Waals surface area (Å²) in [5.74, 6) is 5.61. The van der Waals surface area contributed by atoms with Crippen LogP contribution >= 0.6 is 11.8 Å². The zero-order chi connectivity index (χ0) is 19.6. The van der Waals surface area contributed by atoms with E-state index in [-0.39, 0.29) is 45.8 Å². The van der Waals surface area contributed by atoms with Gasteiger partial charge in [-0.1, -0.05) is 23.9 Å². The van der Waals surface area contributed by atoms with E-state index in [9.17, 15) is 17.6 Å². The monoisotopic (exact) mass is 413 g/mol. The lowest BCUT2D eigenvalue weighted by Gasteiger charge is -2.26. The number of thioether (sulfide) groups is 1. The van der Waals surface area contributed by atoms with Crippen molar-refractivity contribution >= 4 is 27.5 Å². The Hall–Kier alpha value is -2.14. The molecule has 1 atom stereocenters. The molecule has 0 unspecified atom stereocenters. The standard InChI is InChI=1S/C16H20FN5O3S2/c1-2-21(11-7-8-27(24,25)10-11)14(23)9-26-16-20-19-15(22(16)18)12-5-3-4-6-13(12)17/h3-6,11H,2,7-10,18H2,1H3/t11-/m0/s1. The van der Waals surface area contributed by atoms with Crippen LogP contribution in [0.5, 0.6) is 0 Å². The summed E-state index contributed by atoms with van der Waals surface area (Å²) in [7, 11) is -3.07. The summed E-state index contributed by atoms with van der Waals surface area (Å²) in [6, 6.07) is 5.78. The number of nitrogen functional groups attached to an aromatic ring is 1. The van der Waals surface area contributed by atoms with E-state index in [4.69, 9.17) is 5.84 Å². The Morgan fingerprint density at radius 3 is 2.78 bits per heavy atom. The summed E-state index contributed by atoms with van der Waals surface area (Å²) in [5.41, 5.74) is 0.219. The Labute approximate surface area is 160 Å². The predicted octanol–water partition coefficient (Wildman–Crippen LogP) is 0.926. The molecule has 146 valence electrons. The van der Waals surface area contributed by atoms with Crippen molar-refractivity contribution in [2.24, 2.45) is 0 Å². The van der Waals surface area contributed by atoms with E-state index in [1.807, 2.05) is 6.92 Å². The molecule has 2 aromatic rings. The minimum Gasteiger partial charge on any atom is -0.338 e. The van der Waals surface area contributed by atoms with Gasteiger partial charge in [-0.05, 0) is 25.5 Å². The van der Waals surface area contributed by atoms with E-state index >= 15 is 0 Å². The summed E-state index contributed by atoms with van der Waals surface area (Å²) in [6.45, 7) is 2.24. The molecule has 2 N–H and O–H groups in total. The van der Waals surface area contributed by atoms with Crippen LogP contribution in [0.25, 0.3) is 11.4 Å². The zero-order valence-electron chi connectivity index (χ0n) is 14.7. The fourth-order valence-corrected chi connectivity index (χ4v) is 5.54. The second-order valence-corrected chi connectivity index (χ2v) is 9.35. The van der Waals surface area contributed by atoms with Crippen molar-refractivity contribution in [2.75, 3.05) is 29.6 Å². The van der Waals surface area contributed by atoms with Crippen molar-refractivity contribution in [3.8, 4) is 11.4 Å². The second-order valence-electron chi connectivity index (χ2n) is 6.18. The maximum Gasteiger partial charge on any atom is 0.233 e. The summed E-state index contributed by atoms with van der Waals surface area (Å²) in [6.07, 6.45) is 0.455. The molecule has 1 amide bonds. The van der Waals surface area contributed by atoms with Crippen LogP contribution in [0, 0.1) is 5.82 Å². The molecular formula is C16H20FN5O3S2.